The van der Waals surface area contributed by atoms with Gasteiger partial charge in [-0.1, -0.05) is 12.1 Å². The summed E-state index contributed by atoms with van der Waals surface area (Å²) in [7, 11) is 1.42. The van der Waals surface area contributed by atoms with Gasteiger partial charge in [0.2, 0.25) is 6.29 Å². The molecule has 5 atom stereocenters. The average Bonchev–Trinajstić information content (AvgIpc) is 2.88. The van der Waals surface area contributed by atoms with Gasteiger partial charge in [0, 0.05) is 12.1 Å². The SMILES string of the molecule is C/C=C/C(=O)OC[C@H]1O[C@@H](Oc2ccc3c(=O)c(-c4ccc(OC)c(O)c4)coc3c2)[C@H](O)[C@@H](O)[C@@H]1O. The number of phenolic OH excluding ortho intramolecular Hbond substituents is 1. The highest BCUT2D eigenvalue weighted by Gasteiger charge is 2.45. The van der Waals surface area contributed by atoms with Crippen LogP contribution in [0.5, 0.6) is 17.2 Å². The first-order chi connectivity index (χ1) is 17.7. The topological polar surface area (TPSA) is 165 Å². The molecular formula is C26H26O11. The first-order valence-corrected chi connectivity index (χ1v) is 11.3. The molecule has 1 saturated heterocycles. The molecule has 0 amide bonds. The van der Waals surface area contributed by atoms with Crippen molar-refractivity contribution in [2.75, 3.05) is 13.7 Å². The lowest BCUT2D eigenvalue weighted by Gasteiger charge is -2.39. The molecule has 4 N–H and O–H groups in total. The number of aliphatic hydroxyl groups excluding tert-OH is 3. The van der Waals surface area contributed by atoms with Crippen molar-refractivity contribution >= 4 is 16.9 Å². The number of carbonyl (C=O) groups is 1. The number of allylic oxidation sites excluding steroid dienone is 1. The maximum absolute atomic E-state index is 13.1. The summed E-state index contributed by atoms with van der Waals surface area (Å²) in [5.74, 6) is -0.386. The number of phenols is 1. The van der Waals surface area contributed by atoms with Gasteiger partial charge in [-0.25, -0.2) is 4.79 Å². The van der Waals surface area contributed by atoms with Crippen molar-refractivity contribution in [2.45, 2.75) is 37.6 Å². The Hall–Kier alpha value is -3.90. The molecule has 0 bridgehead atoms. The van der Waals surface area contributed by atoms with Crippen LogP contribution in [-0.4, -0.2) is 70.8 Å². The van der Waals surface area contributed by atoms with E-state index in [4.69, 9.17) is 23.4 Å². The minimum absolute atomic E-state index is 0.128. The maximum Gasteiger partial charge on any atom is 0.330 e. The maximum atomic E-state index is 13.1. The molecule has 2 heterocycles. The number of fused-ring (bicyclic) bond motifs is 1. The van der Waals surface area contributed by atoms with Crippen LogP contribution in [0.3, 0.4) is 0 Å². The van der Waals surface area contributed by atoms with E-state index in [9.17, 15) is 30.0 Å². The smallest absolute Gasteiger partial charge is 0.330 e. The molecule has 196 valence electrons. The summed E-state index contributed by atoms with van der Waals surface area (Å²) in [5, 5.41) is 41.1. The van der Waals surface area contributed by atoms with Crippen LogP contribution in [0, 0.1) is 0 Å². The van der Waals surface area contributed by atoms with Gasteiger partial charge in [0.1, 0.15) is 48.6 Å². The summed E-state index contributed by atoms with van der Waals surface area (Å²) in [6, 6.07) is 8.84. The highest BCUT2D eigenvalue weighted by atomic mass is 16.7. The number of hydrogen-bond donors (Lipinski definition) is 4. The molecule has 0 aliphatic carbocycles. The molecule has 0 unspecified atom stereocenters. The zero-order valence-corrected chi connectivity index (χ0v) is 19.9. The predicted octanol–water partition coefficient (Wildman–Crippen LogP) is 1.48. The van der Waals surface area contributed by atoms with Crippen LogP contribution in [0.1, 0.15) is 6.92 Å². The molecule has 0 spiro atoms. The van der Waals surface area contributed by atoms with E-state index in [1.54, 1.807) is 13.0 Å². The number of rotatable bonds is 7. The number of ether oxygens (including phenoxy) is 4. The molecule has 1 aliphatic heterocycles. The number of benzene rings is 2. The Morgan fingerprint density at radius 2 is 1.86 bits per heavy atom. The summed E-state index contributed by atoms with van der Waals surface area (Å²) in [6.07, 6.45) is -3.46. The summed E-state index contributed by atoms with van der Waals surface area (Å²) in [4.78, 5) is 24.6. The van der Waals surface area contributed by atoms with E-state index in [2.05, 4.69) is 0 Å². The van der Waals surface area contributed by atoms with Crippen molar-refractivity contribution in [3.8, 4) is 28.4 Å². The van der Waals surface area contributed by atoms with E-state index in [0.717, 1.165) is 0 Å². The Morgan fingerprint density at radius 1 is 1.08 bits per heavy atom. The highest BCUT2D eigenvalue weighted by molar-refractivity contribution is 5.83. The Balaban J connectivity index is 1.55. The van der Waals surface area contributed by atoms with Crippen LogP contribution in [-0.2, 0) is 14.3 Å². The fourth-order valence-electron chi connectivity index (χ4n) is 3.87. The third-order valence-corrected chi connectivity index (χ3v) is 5.85. The zero-order valence-electron chi connectivity index (χ0n) is 19.9. The molecule has 3 aromatic rings. The lowest BCUT2D eigenvalue weighted by atomic mass is 9.99. The number of methoxy groups -OCH3 is 1. The second kappa shape index (κ2) is 11.0. The number of esters is 1. The number of aliphatic hydroxyl groups is 3. The van der Waals surface area contributed by atoms with Crippen LogP contribution in [0.2, 0.25) is 0 Å². The van der Waals surface area contributed by atoms with Crippen LogP contribution in [0.4, 0.5) is 0 Å². The number of carbonyl (C=O) groups excluding carboxylic acids is 1. The standard InChI is InChI=1S/C26H26O11/c1-3-4-21(28)35-12-20-23(30)24(31)25(32)26(37-20)36-14-6-7-15-19(10-14)34-11-16(22(15)29)13-5-8-18(33-2)17(27)9-13/h3-11,20,23-27,30-32H,12H2,1-2H3/b4-3+/t20-,23-,24+,25-,26-/m1/s1. The van der Waals surface area contributed by atoms with Crippen LogP contribution < -0.4 is 14.9 Å². The van der Waals surface area contributed by atoms with E-state index in [1.165, 1.54) is 55.9 Å². The van der Waals surface area contributed by atoms with Gasteiger partial charge in [-0.2, -0.15) is 0 Å². The van der Waals surface area contributed by atoms with Gasteiger partial charge in [-0.3, -0.25) is 4.79 Å². The molecule has 1 aliphatic rings. The molecule has 1 fully saturated rings. The van der Waals surface area contributed by atoms with E-state index in [-0.39, 0.29) is 45.8 Å². The molecule has 11 heteroatoms. The Bertz CT molecular complexity index is 1360. The van der Waals surface area contributed by atoms with Crippen molar-refractivity contribution in [1.82, 2.24) is 0 Å². The normalized spacial score (nSPS) is 23.8. The van der Waals surface area contributed by atoms with Gasteiger partial charge in [-0.05, 0) is 36.8 Å². The third kappa shape index (κ3) is 5.44. The molecule has 0 saturated carbocycles. The van der Waals surface area contributed by atoms with Gasteiger partial charge in [0.05, 0.1) is 18.1 Å². The van der Waals surface area contributed by atoms with Crippen molar-refractivity contribution in [2.24, 2.45) is 0 Å². The Labute approximate surface area is 210 Å². The molecule has 37 heavy (non-hydrogen) atoms. The van der Waals surface area contributed by atoms with E-state index < -0.39 is 36.7 Å². The van der Waals surface area contributed by atoms with Crippen molar-refractivity contribution in [3.63, 3.8) is 0 Å². The van der Waals surface area contributed by atoms with Gasteiger partial charge < -0.3 is 43.8 Å². The summed E-state index contributed by atoms with van der Waals surface area (Å²) in [6.45, 7) is 1.25. The average molecular weight is 514 g/mol. The van der Waals surface area contributed by atoms with Crippen LogP contribution in [0.15, 0.2) is 64.0 Å². The van der Waals surface area contributed by atoms with E-state index >= 15 is 0 Å². The minimum Gasteiger partial charge on any atom is -0.504 e. The van der Waals surface area contributed by atoms with Crippen LogP contribution in [0.25, 0.3) is 22.1 Å². The lowest BCUT2D eigenvalue weighted by molar-refractivity contribution is -0.278. The first kappa shape index (κ1) is 26.2. The molecule has 0 radical (unpaired) electrons. The second-order valence-corrected chi connectivity index (χ2v) is 8.29. The largest absolute Gasteiger partial charge is 0.504 e. The monoisotopic (exact) mass is 514 g/mol. The fraction of sp³-hybridized carbons (Fsp3) is 0.308. The highest BCUT2D eigenvalue weighted by Crippen LogP contribution is 2.32. The lowest BCUT2D eigenvalue weighted by Crippen LogP contribution is -2.60. The van der Waals surface area contributed by atoms with Gasteiger partial charge >= 0.3 is 5.97 Å². The van der Waals surface area contributed by atoms with Crippen molar-refractivity contribution in [1.29, 1.82) is 0 Å². The first-order valence-electron chi connectivity index (χ1n) is 11.3. The van der Waals surface area contributed by atoms with E-state index in [0.29, 0.717) is 5.56 Å². The quantitative estimate of drug-likeness (QED) is 0.267. The second-order valence-electron chi connectivity index (χ2n) is 8.29. The number of hydrogen-bond acceptors (Lipinski definition) is 11. The van der Waals surface area contributed by atoms with Gasteiger partial charge in [0.25, 0.3) is 0 Å². The summed E-state index contributed by atoms with van der Waals surface area (Å²) < 4.78 is 26.9. The molecule has 11 nitrogen and oxygen atoms in total. The van der Waals surface area contributed by atoms with Gasteiger partial charge in [-0.15, -0.1) is 0 Å². The van der Waals surface area contributed by atoms with E-state index in [1.807, 2.05) is 0 Å². The molecule has 4 rings (SSSR count). The number of aromatic hydroxyl groups is 1. The predicted molar refractivity (Wildman–Crippen MR) is 129 cm³/mol. The van der Waals surface area contributed by atoms with Crippen LogP contribution >= 0.6 is 0 Å². The molecule has 1 aromatic heterocycles. The fourth-order valence-corrected chi connectivity index (χ4v) is 3.87. The summed E-state index contributed by atoms with van der Waals surface area (Å²) >= 11 is 0. The summed E-state index contributed by atoms with van der Waals surface area (Å²) in [5.41, 5.74) is 0.471. The molecule has 2 aromatic carbocycles. The zero-order chi connectivity index (χ0) is 26.7. The molecular weight excluding hydrogens is 488 g/mol. The van der Waals surface area contributed by atoms with Crippen molar-refractivity contribution in [3.05, 3.63) is 65.0 Å². The van der Waals surface area contributed by atoms with Crippen molar-refractivity contribution < 1.29 is 48.6 Å². The third-order valence-electron chi connectivity index (χ3n) is 5.85. The Morgan fingerprint density at radius 3 is 2.57 bits per heavy atom. The Kier molecular flexibility index (Phi) is 7.79. The minimum atomic E-state index is -1.63. The van der Waals surface area contributed by atoms with Gasteiger partial charge in [0.15, 0.2) is 16.9 Å².